The standard InChI is InChI=1S/C11H16ClF4NO2/c1-10(2,3)7(4-6(18)5-12)17-9(19)11(15,16)8(13)14/h7-8H,4-5H2,1-3H3,(H,17,19). The van der Waals surface area contributed by atoms with Crippen LogP contribution >= 0.6 is 11.6 Å². The summed E-state index contributed by atoms with van der Waals surface area (Å²) in [5.74, 6) is -7.69. The van der Waals surface area contributed by atoms with Gasteiger partial charge >= 0.3 is 12.3 Å². The number of amides is 1. The van der Waals surface area contributed by atoms with Crippen molar-refractivity contribution in [3.05, 3.63) is 0 Å². The third kappa shape index (κ3) is 5.34. The van der Waals surface area contributed by atoms with E-state index < -0.39 is 35.5 Å². The molecule has 0 aromatic carbocycles. The van der Waals surface area contributed by atoms with Crippen molar-refractivity contribution in [2.75, 3.05) is 5.88 Å². The predicted molar refractivity (Wildman–Crippen MR) is 62.7 cm³/mol. The number of halogens is 5. The van der Waals surface area contributed by atoms with Crippen LogP contribution in [0.2, 0.25) is 0 Å². The van der Waals surface area contributed by atoms with Gasteiger partial charge in [0.05, 0.1) is 5.88 Å². The Bertz CT molecular complexity index is 342. The lowest BCUT2D eigenvalue weighted by atomic mass is 9.83. The number of rotatable bonds is 6. The number of nitrogens with one attached hydrogen (secondary N) is 1. The molecular formula is C11H16ClF4NO2. The van der Waals surface area contributed by atoms with Crippen LogP contribution in [0, 0.1) is 5.41 Å². The molecule has 112 valence electrons. The molecule has 0 aromatic heterocycles. The number of hydrogen-bond acceptors (Lipinski definition) is 2. The van der Waals surface area contributed by atoms with Gasteiger partial charge in [-0.15, -0.1) is 11.6 Å². The molecule has 0 bridgehead atoms. The summed E-state index contributed by atoms with van der Waals surface area (Å²) in [5.41, 5.74) is -0.754. The van der Waals surface area contributed by atoms with Crippen molar-refractivity contribution in [1.82, 2.24) is 5.32 Å². The Hall–Kier alpha value is -0.850. The average molecular weight is 306 g/mol. The molecule has 1 unspecified atom stereocenters. The summed E-state index contributed by atoms with van der Waals surface area (Å²) in [6, 6.07) is -1.00. The molecule has 1 atom stereocenters. The molecule has 0 fully saturated rings. The molecule has 1 amide bonds. The molecule has 0 aliphatic carbocycles. The van der Waals surface area contributed by atoms with Crippen molar-refractivity contribution in [2.45, 2.75) is 45.6 Å². The minimum Gasteiger partial charge on any atom is -0.347 e. The van der Waals surface area contributed by atoms with Crippen molar-refractivity contribution in [2.24, 2.45) is 5.41 Å². The van der Waals surface area contributed by atoms with Crippen LogP contribution in [0.5, 0.6) is 0 Å². The van der Waals surface area contributed by atoms with E-state index in [2.05, 4.69) is 0 Å². The van der Waals surface area contributed by atoms with Gasteiger partial charge in [0.15, 0.2) is 0 Å². The highest BCUT2D eigenvalue weighted by molar-refractivity contribution is 6.27. The van der Waals surface area contributed by atoms with Crippen LogP contribution in [0.3, 0.4) is 0 Å². The van der Waals surface area contributed by atoms with Crippen LogP contribution in [0.15, 0.2) is 0 Å². The van der Waals surface area contributed by atoms with Crippen LogP contribution in [-0.2, 0) is 9.59 Å². The zero-order valence-corrected chi connectivity index (χ0v) is 11.5. The van der Waals surface area contributed by atoms with Gasteiger partial charge in [0.2, 0.25) is 0 Å². The summed E-state index contributed by atoms with van der Waals surface area (Å²) in [6.07, 6.45) is -4.39. The molecule has 0 spiro atoms. The third-order valence-electron chi connectivity index (χ3n) is 2.51. The quantitative estimate of drug-likeness (QED) is 0.606. The van der Waals surface area contributed by atoms with Crippen LogP contribution < -0.4 is 5.32 Å². The lowest BCUT2D eigenvalue weighted by Crippen LogP contribution is -2.53. The number of carbonyl (C=O) groups is 2. The van der Waals surface area contributed by atoms with Gasteiger partial charge in [-0.2, -0.15) is 8.78 Å². The Kier molecular flexibility index (Phi) is 6.25. The molecule has 0 aliphatic rings. The van der Waals surface area contributed by atoms with Gasteiger partial charge in [0, 0.05) is 12.5 Å². The second-order valence-corrected chi connectivity index (χ2v) is 5.46. The first-order valence-electron chi connectivity index (χ1n) is 5.47. The summed E-state index contributed by atoms with van der Waals surface area (Å²) in [5, 5.41) is 1.80. The maximum absolute atomic E-state index is 12.8. The smallest absolute Gasteiger partial charge is 0.347 e. The van der Waals surface area contributed by atoms with Crippen molar-refractivity contribution >= 4 is 23.3 Å². The van der Waals surface area contributed by atoms with Crippen molar-refractivity contribution in [1.29, 1.82) is 0 Å². The highest BCUT2D eigenvalue weighted by Crippen LogP contribution is 2.27. The number of alkyl halides is 5. The predicted octanol–water partition coefficient (Wildman–Crippen LogP) is 2.62. The second kappa shape index (κ2) is 6.54. The normalized spacial score (nSPS) is 14.4. The third-order valence-corrected chi connectivity index (χ3v) is 2.81. The van der Waals surface area contributed by atoms with E-state index in [1.807, 2.05) is 0 Å². The van der Waals surface area contributed by atoms with Crippen LogP contribution in [0.25, 0.3) is 0 Å². The van der Waals surface area contributed by atoms with Gasteiger partial charge in [0.1, 0.15) is 5.78 Å². The lowest BCUT2D eigenvalue weighted by molar-refractivity contribution is -0.170. The number of Topliss-reactive ketones (excluding diaryl/α,β-unsaturated/α-hetero) is 1. The topological polar surface area (TPSA) is 46.2 Å². The number of hydrogen-bond donors (Lipinski definition) is 1. The van der Waals surface area contributed by atoms with Crippen molar-refractivity contribution < 1.29 is 27.2 Å². The summed E-state index contributed by atoms with van der Waals surface area (Å²) in [6.45, 7) is 4.75. The minimum atomic E-state index is -4.78. The first-order valence-corrected chi connectivity index (χ1v) is 6.01. The van der Waals surface area contributed by atoms with Gasteiger partial charge in [-0.3, -0.25) is 9.59 Å². The molecule has 1 N–H and O–H groups in total. The Morgan fingerprint density at radius 2 is 1.68 bits per heavy atom. The second-order valence-electron chi connectivity index (χ2n) is 5.19. The summed E-state index contributed by atoms with van der Waals surface area (Å²) >= 11 is 5.29. The SMILES string of the molecule is CC(C)(C)C(CC(=O)CCl)NC(=O)C(F)(F)C(F)F. The Labute approximate surface area is 113 Å². The molecule has 8 heteroatoms. The largest absolute Gasteiger partial charge is 0.383 e. The first kappa shape index (κ1) is 18.1. The van der Waals surface area contributed by atoms with Crippen molar-refractivity contribution in [3.63, 3.8) is 0 Å². The number of ketones is 1. The maximum atomic E-state index is 12.8. The lowest BCUT2D eigenvalue weighted by Gasteiger charge is -2.32. The van der Waals surface area contributed by atoms with Gasteiger partial charge < -0.3 is 5.32 Å². The summed E-state index contributed by atoms with van der Waals surface area (Å²) < 4.78 is 49.7. The van der Waals surface area contributed by atoms with E-state index in [9.17, 15) is 27.2 Å². The van der Waals surface area contributed by atoms with Crippen LogP contribution in [-0.4, -0.2) is 36.0 Å². The molecule has 0 aliphatic heterocycles. The fourth-order valence-electron chi connectivity index (χ4n) is 1.21. The van der Waals surface area contributed by atoms with Crippen LogP contribution in [0.4, 0.5) is 17.6 Å². The molecule has 0 saturated heterocycles. The zero-order chi connectivity index (χ0) is 15.4. The summed E-state index contributed by atoms with van der Waals surface area (Å²) in [4.78, 5) is 22.4. The Balaban J connectivity index is 4.94. The maximum Gasteiger partial charge on any atom is 0.383 e. The Morgan fingerprint density at radius 3 is 2.00 bits per heavy atom. The number of carbonyl (C=O) groups excluding carboxylic acids is 2. The molecule has 0 saturated carbocycles. The highest BCUT2D eigenvalue weighted by Gasteiger charge is 2.50. The minimum absolute atomic E-state index is 0.294. The van der Waals surface area contributed by atoms with E-state index in [0.29, 0.717) is 0 Å². The fourth-order valence-corrected chi connectivity index (χ4v) is 1.32. The Morgan fingerprint density at radius 1 is 1.21 bits per heavy atom. The molecule has 0 aromatic rings. The molecule has 3 nitrogen and oxygen atoms in total. The summed E-state index contributed by atoms with van der Waals surface area (Å²) in [7, 11) is 0. The fraction of sp³-hybridized carbons (Fsp3) is 0.818. The van der Waals surface area contributed by atoms with Gasteiger partial charge in [-0.25, -0.2) is 8.78 Å². The van der Waals surface area contributed by atoms with E-state index in [1.54, 1.807) is 26.1 Å². The van der Waals surface area contributed by atoms with Crippen molar-refractivity contribution in [3.8, 4) is 0 Å². The van der Waals surface area contributed by atoms with E-state index in [1.165, 1.54) is 0 Å². The van der Waals surface area contributed by atoms with Gasteiger partial charge in [-0.1, -0.05) is 20.8 Å². The van der Waals surface area contributed by atoms with Crippen LogP contribution in [0.1, 0.15) is 27.2 Å². The molecule has 0 radical (unpaired) electrons. The molecule has 19 heavy (non-hydrogen) atoms. The van der Waals surface area contributed by atoms with E-state index >= 15 is 0 Å². The highest BCUT2D eigenvalue weighted by atomic mass is 35.5. The van der Waals surface area contributed by atoms with Gasteiger partial charge in [-0.05, 0) is 5.41 Å². The van der Waals surface area contributed by atoms with E-state index in [0.717, 1.165) is 0 Å². The molecule has 0 rings (SSSR count). The van der Waals surface area contributed by atoms with Gasteiger partial charge in [0.25, 0.3) is 5.91 Å². The molecule has 0 heterocycles. The van der Waals surface area contributed by atoms with E-state index in [4.69, 9.17) is 11.6 Å². The molecular weight excluding hydrogens is 290 g/mol. The van der Waals surface area contributed by atoms with E-state index in [-0.39, 0.29) is 12.3 Å². The zero-order valence-electron chi connectivity index (χ0n) is 10.8. The first-order chi connectivity index (χ1) is 8.42. The monoisotopic (exact) mass is 305 g/mol. The average Bonchev–Trinajstić information content (AvgIpc) is 2.25.